The zero-order chi connectivity index (χ0) is 18.6. The smallest absolute Gasteiger partial charge is 0.241 e. The molecule has 0 fully saturated rings. The molecule has 27 heavy (non-hydrogen) atoms. The fraction of sp³-hybridized carbons (Fsp3) is 0.0909. The van der Waals surface area contributed by atoms with E-state index in [2.05, 4.69) is 39.4 Å². The van der Waals surface area contributed by atoms with Crippen molar-refractivity contribution in [3.63, 3.8) is 0 Å². The Labute approximate surface area is 156 Å². The summed E-state index contributed by atoms with van der Waals surface area (Å²) in [6, 6.07) is 23.1. The molecular formula is C22H19N3O2. The molecule has 0 aliphatic rings. The van der Waals surface area contributed by atoms with Crippen molar-refractivity contribution in [1.82, 2.24) is 9.99 Å². The summed E-state index contributed by atoms with van der Waals surface area (Å²) in [5.74, 6) is 0.00454. The van der Waals surface area contributed by atoms with Gasteiger partial charge in [0.2, 0.25) is 5.91 Å². The van der Waals surface area contributed by atoms with Crippen molar-refractivity contribution in [2.24, 2.45) is 5.10 Å². The lowest BCUT2D eigenvalue weighted by Crippen LogP contribution is -2.19. The first-order valence-electron chi connectivity index (χ1n) is 8.79. The third-order valence-electron chi connectivity index (χ3n) is 4.52. The van der Waals surface area contributed by atoms with Crippen LogP contribution in [0, 0.1) is 0 Å². The normalized spacial score (nSPS) is 11.4. The number of nitrogens with zero attached hydrogens (tertiary/aromatic N) is 2. The van der Waals surface area contributed by atoms with E-state index in [-0.39, 0.29) is 11.7 Å². The zero-order valence-corrected chi connectivity index (χ0v) is 14.7. The number of aryl methyl sites for hydroxylation is 1. The largest absolute Gasteiger partial charge is 0.508 e. The second kappa shape index (κ2) is 7.33. The fourth-order valence-electron chi connectivity index (χ4n) is 3.30. The molecule has 5 nitrogen and oxygen atoms in total. The predicted octanol–water partition coefficient (Wildman–Crippen LogP) is 4.04. The summed E-state index contributed by atoms with van der Waals surface area (Å²) in [6.45, 7) is 0.571. The summed E-state index contributed by atoms with van der Waals surface area (Å²) in [4.78, 5) is 12.2. The van der Waals surface area contributed by atoms with Gasteiger partial charge in [-0.2, -0.15) is 5.10 Å². The molecule has 0 unspecified atom stereocenters. The molecule has 4 rings (SSSR count). The van der Waals surface area contributed by atoms with Gasteiger partial charge in [0.15, 0.2) is 0 Å². The molecule has 2 N–H and O–H groups in total. The van der Waals surface area contributed by atoms with Crippen LogP contribution in [0.15, 0.2) is 77.9 Å². The maximum Gasteiger partial charge on any atom is 0.241 e. The molecule has 1 aromatic heterocycles. The Kier molecular flexibility index (Phi) is 4.58. The zero-order valence-electron chi connectivity index (χ0n) is 14.7. The number of rotatable bonds is 5. The molecule has 0 saturated carbocycles. The molecule has 0 aliphatic carbocycles. The van der Waals surface area contributed by atoms with E-state index in [0.29, 0.717) is 13.0 Å². The van der Waals surface area contributed by atoms with Gasteiger partial charge in [-0.1, -0.05) is 48.5 Å². The second-order valence-electron chi connectivity index (χ2n) is 6.32. The summed E-state index contributed by atoms with van der Waals surface area (Å²) >= 11 is 0. The lowest BCUT2D eigenvalue weighted by Gasteiger charge is -2.06. The Bertz CT molecular complexity index is 1090. The number of carbonyl (C=O) groups excluding carboxylic acids is 1. The van der Waals surface area contributed by atoms with Crippen LogP contribution < -0.4 is 5.43 Å². The van der Waals surface area contributed by atoms with Gasteiger partial charge in [0, 0.05) is 34.8 Å². The standard InChI is InChI=1S/C22H19N3O2/c26-17-7-5-6-16(14-17)15-23-24-22(27)12-13-25-20-10-3-1-8-18(20)19-9-2-4-11-21(19)25/h1-11,14-15,26H,12-13H2,(H,24,27)/b23-15+. The molecule has 1 amide bonds. The molecule has 0 radical (unpaired) electrons. The van der Waals surface area contributed by atoms with E-state index in [9.17, 15) is 9.90 Å². The van der Waals surface area contributed by atoms with Crippen LogP contribution in [-0.2, 0) is 11.3 Å². The summed E-state index contributed by atoms with van der Waals surface area (Å²) in [5, 5.41) is 15.8. The Morgan fingerprint density at radius 3 is 2.30 bits per heavy atom. The lowest BCUT2D eigenvalue weighted by molar-refractivity contribution is -0.121. The van der Waals surface area contributed by atoms with Crippen LogP contribution in [0.2, 0.25) is 0 Å². The van der Waals surface area contributed by atoms with Gasteiger partial charge in [0.25, 0.3) is 0 Å². The van der Waals surface area contributed by atoms with Gasteiger partial charge in [-0.05, 0) is 29.8 Å². The first-order valence-corrected chi connectivity index (χ1v) is 8.79. The van der Waals surface area contributed by atoms with E-state index in [4.69, 9.17) is 0 Å². The molecule has 0 bridgehead atoms. The Morgan fingerprint density at radius 2 is 1.63 bits per heavy atom. The van der Waals surface area contributed by atoms with Crippen molar-refractivity contribution in [2.45, 2.75) is 13.0 Å². The number of carbonyl (C=O) groups is 1. The van der Waals surface area contributed by atoms with Gasteiger partial charge in [0.1, 0.15) is 5.75 Å². The number of phenols is 1. The molecule has 0 aliphatic heterocycles. The Balaban J connectivity index is 1.47. The van der Waals surface area contributed by atoms with Gasteiger partial charge in [-0.15, -0.1) is 0 Å². The molecule has 0 spiro atoms. The summed E-state index contributed by atoms with van der Waals surface area (Å²) in [7, 11) is 0. The number of aromatic nitrogens is 1. The van der Waals surface area contributed by atoms with Crippen LogP contribution in [0.3, 0.4) is 0 Å². The number of aromatic hydroxyl groups is 1. The highest BCUT2D eigenvalue weighted by molar-refractivity contribution is 6.08. The van der Waals surface area contributed by atoms with Crippen molar-refractivity contribution >= 4 is 33.9 Å². The first kappa shape index (κ1) is 16.8. The van der Waals surface area contributed by atoms with Crippen molar-refractivity contribution < 1.29 is 9.90 Å². The quantitative estimate of drug-likeness (QED) is 0.418. The second-order valence-corrected chi connectivity index (χ2v) is 6.32. The highest BCUT2D eigenvalue weighted by Crippen LogP contribution is 2.28. The van der Waals surface area contributed by atoms with Crippen molar-refractivity contribution in [1.29, 1.82) is 0 Å². The van der Waals surface area contributed by atoms with E-state index in [1.54, 1.807) is 24.3 Å². The third kappa shape index (κ3) is 3.53. The van der Waals surface area contributed by atoms with Crippen LogP contribution in [0.25, 0.3) is 21.8 Å². The number of para-hydroxylation sites is 2. The molecule has 3 aromatic carbocycles. The monoisotopic (exact) mass is 357 g/mol. The maximum atomic E-state index is 12.2. The number of hydrazone groups is 1. The van der Waals surface area contributed by atoms with E-state index in [1.165, 1.54) is 17.0 Å². The van der Waals surface area contributed by atoms with Gasteiger partial charge in [0.05, 0.1) is 6.21 Å². The van der Waals surface area contributed by atoms with Crippen molar-refractivity contribution in [2.75, 3.05) is 0 Å². The first-order chi connectivity index (χ1) is 13.2. The summed E-state index contributed by atoms with van der Waals surface area (Å²) < 4.78 is 2.17. The third-order valence-corrected chi connectivity index (χ3v) is 4.52. The van der Waals surface area contributed by atoms with Crippen LogP contribution in [0.1, 0.15) is 12.0 Å². The van der Waals surface area contributed by atoms with Gasteiger partial charge in [-0.25, -0.2) is 5.43 Å². The minimum Gasteiger partial charge on any atom is -0.508 e. The number of amides is 1. The maximum absolute atomic E-state index is 12.2. The average molecular weight is 357 g/mol. The number of fused-ring (bicyclic) bond motifs is 3. The van der Waals surface area contributed by atoms with E-state index >= 15 is 0 Å². The number of hydrogen-bond donors (Lipinski definition) is 2. The number of nitrogens with one attached hydrogen (secondary N) is 1. The highest BCUT2D eigenvalue weighted by atomic mass is 16.3. The topological polar surface area (TPSA) is 66.6 Å². The van der Waals surface area contributed by atoms with Crippen LogP contribution in [-0.4, -0.2) is 21.8 Å². The molecule has 0 atom stereocenters. The number of phenolic OH excluding ortho intramolecular Hbond substituents is 1. The number of benzene rings is 3. The average Bonchev–Trinajstić information content (AvgIpc) is 3.00. The Hall–Kier alpha value is -3.60. The van der Waals surface area contributed by atoms with Crippen molar-refractivity contribution in [3.8, 4) is 5.75 Å². The fourth-order valence-corrected chi connectivity index (χ4v) is 3.30. The van der Waals surface area contributed by atoms with Crippen molar-refractivity contribution in [3.05, 3.63) is 78.4 Å². The van der Waals surface area contributed by atoms with Crippen LogP contribution in [0.5, 0.6) is 5.75 Å². The van der Waals surface area contributed by atoms with E-state index in [0.717, 1.165) is 16.6 Å². The molecule has 4 aromatic rings. The van der Waals surface area contributed by atoms with E-state index in [1.807, 2.05) is 24.3 Å². The van der Waals surface area contributed by atoms with Gasteiger partial charge in [-0.3, -0.25) is 4.79 Å². The molecular weight excluding hydrogens is 338 g/mol. The Morgan fingerprint density at radius 1 is 0.963 bits per heavy atom. The highest BCUT2D eigenvalue weighted by Gasteiger charge is 2.10. The van der Waals surface area contributed by atoms with E-state index < -0.39 is 0 Å². The van der Waals surface area contributed by atoms with Gasteiger partial charge >= 0.3 is 0 Å². The number of hydrogen-bond acceptors (Lipinski definition) is 3. The minimum absolute atomic E-state index is 0.159. The lowest BCUT2D eigenvalue weighted by atomic mass is 10.2. The molecule has 1 heterocycles. The molecule has 5 heteroatoms. The van der Waals surface area contributed by atoms with Crippen LogP contribution >= 0.6 is 0 Å². The summed E-state index contributed by atoms with van der Waals surface area (Å²) in [5.41, 5.74) is 5.51. The minimum atomic E-state index is -0.159. The molecule has 0 saturated heterocycles. The SMILES string of the molecule is O=C(CCn1c2ccccc2c2ccccc21)N/N=C/c1cccc(O)c1. The van der Waals surface area contributed by atoms with Gasteiger partial charge < -0.3 is 9.67 Å². The summed E-state index contributed by atoms with van der Waals surface area (Å²) in [6.07, 6.45) is 1.83. The van der Waals surface area contributed by atoms with Crippen LogP contribution in [0.4, 0.5) is 0 Å². The molecule has 134 valence electrons. The predicted molar refractivity (Wildman–Crippen MR) is 108 cm³/mol.